The molecule has 1 unspecified atom stereocenters. The van der Waals surface area contributed by atoms with Crippen LogP contribution < -0.4 is 16.0 Å². The Hall–Kier alpha value is -1.39. The summed E-state index contributed by atoms with van der Waals surface area (Å²) in [5, 5.41) is 9.64. The minimum atomic E-state index is -0.0408. The fraction of sp³-hybridized carbons (Fsp3) is 0.533. The standard InChI is InChI=1S/C15H23N3O/c1-15(2,17-4)14(16-3)11-5-7-12-10(9-11)6-8-13(19)18-12/h5,7,9,14,16-17H,6,8H2,1-4H3,(H,18,19). The molecule has 0 saturated carbocycles. The van der Waals surface area contributed by atoms with Crippen molar-refractivity contribution in [2.24, 2.45) is 0 Å². The van der Waals surface area contributed by atoms with Gasteiger partial charge in [-0.15, -0.1) is 0 Å². The number of likely N-dealkylation sites (N-methyl/N-ethyl adjacent to an activating group) is 2. The molecule has 0 aromatic heterocycles. The summed E-state index contributed by atoms with van der Waals surface area (Å²) in [5.41, 5.74) is 3.39. The SMILES string of the molecule is CNC(c1ccc2c(c1)CCC(=O)N2)C(C)(C)NC. The zero-order valence-electron chi connectivity index (χ0n) is 12.1. The van der Waals surface area contributed by atoms with E-state index in [-0.39, 0.29) is 17.5 Å². The average Bonchev–Trinajstić information content (AvgIpc) is 2.39. The molecule has 1 aromatic carbocycles. The Labute approximate surface area is 115 Å². The predicted octanol–water partition coefficient (Wildman–Crippen LogP) is 1.83. The fourth-order valence-electron chi connectivity index (χ4n) is 2.67. The maximum atomic E-state index is 11.4. The first-order valence-electron chi connectivity index (χ1n) is 6.77. The Kier molecular flexibility index (Phi) is 3.92. The first-order chi connectivity index (χ1) is 8.97. The molecule has 1 heterocycles. The van der Waals surface area contributed by atoms with E-state index >= 15 is 0 Å². The molecule has 0 spiro atoms. The molecule has 0 saturated heterocycles. The zero-order chi connectivity index (χ0) is 14.0. The van der Waals surface area contributed by atoms with Crippen LogP contribution in [0, 0.1) is 0 Å². The summed E-state index contributed by atoms with van der Waals surface area (Å²) in [6.45, 7) is 4.35. The summed E-state index contributed by atoms with van der Waals surface area (Å²) in [5.74, 6) is 0.112. The van der Waals surface area contributed by atoms with Crippen molar-refractivity contribution < 1.29 is 4.79 Å². The van der Waals surface area contributed by atoms with Gasteiger partial charge in [0.1, 0.15) is 0 Å². The summed E-state index contributed by atoms with van der Waals surface area (Å²) in [7, 11) is 3.95. The second-order valence-electron chi connectivity index (χ2n) is 5.66. The Morgan fingerprint density at radius 2 is 2.00 bits per heavy atom. The van der Waals surface area contributed by atoms with Crippen molar-refractivity contribution in [2.75, 3.05) is 19.4 Å². The molecule has 0 radical (unpaired) electrons. The first kappa shape index (κ1) is 14.0. The molecular formula is C15H23N3O. The highest BCUT2D eigenvalue weighted by molar-refractivity contribution is 5.93. The number of carbonyl (C=O) groups is 1. The third kappa shape index (κ3) is 2.80. The third-order valence-electron chi connectivity index (χ3n) is 4.01. The van der Waals surface area contributed by atoms with Crippen LogP contribution >= 0.6 is 0 Å². The summed E-state index contributed by atoms with van der Waals surface area (Å²) >= 11 is 0. The number of amides is 1. The molecular weight excluding hydrogens is 238 g/mol. The number of hydrogen-bond donors (Lipinski definition) is 3. The maximum absolute atomic E-state index is 11.4. The van der Waals surface area contributed by atoms with Crippen LogP contribution in [-0.2, 0) is 11.2 Å². The van der Waals surface area contributed by atoms with Crippen molar-refractivity contribution in [1.29, 1.82) is 0 Å². The van der Waals surface area contributed by atoms with Crippen molar-refractivity contribution >= 4 is 11.6 Å². The molecule has 0 aliphatic carbocycles. The average molecular weight is 261 g/mol. The minimum absolute atomic E-state index is 0.0408. The lowest BCUT2D eigenvalue weighted by Gasteiger charge is -2.35. The highest BCUT2D eigenvalue weighted by atomic mass is 16.1. The van der Waals surface area contributed by atoms with Crippen LogP contribution in [0.25, 0.3) is 0 Å². The molecule has 0 bridgehead atoms. The minimum Gasteiger partial charge on any atom is -0.326 e. The van der Waals surface area contributed by atoms with Crippen molar-refractivity contribution in [3.05, 3.63) is 29.3 Å². The van der Waals surface area contributed by atoms with Crippen molar-refractivity contribution in [2.45, 2.75) is 38.3 Å². The van der Waals surface area contributed by atoms with Gasteiger partial charge in [0.05, 0.1) is 0 Å². The van der Waals surface area contributed by atoms with Gasteiger partial charge in [-0.05, 0) is 51.6 Å². The van der Waals surface area contributed by atoms with Crippen LogP contribution in [0.4, 0.5) is 5.69 Å². The third-order valence-corrected chi connectivity index (χ3v) is 4.01. The fourth-order valence-corrected chi connectivity index (χ4v) is 2.67. The molecule has 1 amide bonds. The first-order valence-corrected chi connectivity index (χ1v) is 6.77. The van der Waals surface area contributed by atoms with E-state index in [0.29, 0.717) is 6.42 Å². The Bertz CT molecular complexity index is 482. The van der Waals surface area contributed by atoms with E-state index in [1.54, 1.807) is 0 Å². The van der Waals surface area contributed by atoms with Crippen molar-refractivity contribution in [3.63, 3.8) is 0 Å². The quantitative estimate of drug-likeness (QED) is 0.775. The van der Waals surface area contributed by atoms with E-state index in [1.165, 1.54) is 11.1 Å². The highest BCUT2D eigenvalue weighted by Crippen LogP contribution is 2.30. The van der Waals surface area contributed by atoms with Crippen LogP contribution in [0.3, 0.4) is 0 Å². The summed E-state index contributed by atoms with van der Waals surface area (Å²) in [6, 6.07) is 6.53. The lowest BCUT2D eigenvalue weighted by atomic mass is 9.87. The normalized spacial score (nSPS) is 16.7. The van der Waals surface area contributed by atoms with Crippen molar-refractivity contribution in [1.82, 2.24) is 10.6 Å². The van der Waals surface area contributed by atoms with Gasteiger partial charge in [-0.3, -0.25) is 4.79 Å². The van der Waals surface area contributed by atoms with Gasteiger partial charge in [0, 0.05) is 23.7 Å². The van der Waals surface area contributed by atoms with Gasteiger partial charge >= 0.3 is 0 Å². The van der Waals surface area contributed by atoms with Gasteiger partial charge in [0.2, 0.25) is 5.91 Å². The zero-order valence-corrected chi connectivity index (χ0v) is 12.1. The van der Waals surface area contributed by atoms with E-state index in [4.69, 9.17) is 0 Å². The Morgan fingerprint density at radius 1 is 1.26 bits per heavy atom. The molecule has 1 aliphatic rings. The largest absolute Gasteiger partial charge is 0.326 e. The second-order valence-corrected chi connectivity index (χ2v) is 5.66. The van der Waals surface area contributed by atoms with Gasteiger partial charge in [-0.1, -0.05) is 12.1 Å². The predicted molar refractivity (Wildman–Crippen MR) is 78.3 cm³/mol. The van der Waals surface area contributed by atoms with Gasteiger partial charge < -0.3 is 16.0 Å². The highest BCUT2D eigenvalue weighted by Gasteiger charge is 2.28. The number of aryl methyl sites for hydroxylation is 1. The van der Waals surface area contributed by atoms with Crippen LogP contribution in [0.15, 0.2) is 18.2 Å². The van der Waals surface area contributed by atoms with Gasteiger partial charge in [0.25, 0.3) is 0 Å². The monoisotopic (exact) mass is 261 g/mol. The smallest absolute Gasteiger partial charge is 0.224 e. The van der Waals surface area contributed by atoms with Crippen LogP contribution in [0.5, 0.6) is 0 Å². The van der Waals surface area contributed by atoms with E-state index in [2.05, 4.69) is 41.9 Å². The summed E-state index contributed by atoms with van der Waals surface area (Å²) in [6.07, 6.45) is 1.40. The number of nitrogens with one attached hydrogen (secondary N) is 3. The molecule has 1 atom stereocenters. The number of fused-ring (bicyclic) bond motifs is 1. The van der Waals surface area contributed by atoms with E-state index in [0.717, 1.165) is 12.1 Å². The molecule has 19 heavy (non-hydrogen) atoms. The van der Waals surface area contributed by atoms with E-state index in [1.807, 2.05) is 20.2 Å². The number of carbonyl (C=O) groups excluding carboxylic acids is 1. The molecule has 1 aliphatic heterocycles. The lowest BCUT2D eigenvalue weighted by molar-refractivity contribution is -0.116. The molecule has 4 heteroatoms. The number of rotatable bonds is 4. The Balaban J connectivity index is 2.33. The molecule has 0 fully saturated rings. The molecule has 1 aromatic rings. The molecule has 2 rings (SSSR count). The van der Waals surface area contributed by atoms with Crippen LogP contribution in [0.1, 0.15) is 37.4 Å². The second kappa shape index (κ2) is 5.31. The lowest BCUT2D eigenvalue weighted by Crippen LogP contribution is -2.47. The van der Waals surface area contributed by atoms with Crippen LogP contribution in [0.2, 0.25) is 0 Å². The summed E-state index contributed by atoms with van der Waals surface area (Å²) in [4.78, 5) is 11.4. The van der Waals surface area contributed by atoms with Gasteiger partial charge in [-0.2, -0.15) is 0 Å². The van der Waals surface area contributed by atoms with E-state index < -0.39 is 0 Å². The van der Waals surface area contributed by atoms with Crippen molar-refractivity contribution in [3.8, 4) is 0 Å². The number of anilines is 1. The maximum Gasteiger partial charge on any atom is 0.224 e. The number of benzene rings is 1. The molecule has 3 N–H and O–H groups in total. The Morgan fingerprint density at radius 3 is 2.63 bits per heavy atom. The topological polar surface area (TPSA) is 53.2 Å². The van der Waals surface area contributed by atoms with E-state index in [9.17, 15) is 4.79 Å². The van der Waals surface area contributed by atoms with Gasteiger partial charge in [-0.25, -0.2) is 0 Å². The molecule has 104 valence electrons. The van der Waals surface area contributed by atoms with Crippen LogP contribution in [-0.4, -0.2) is 25.5 Å². The number of hydrogen-bond acceptors (Lipinski definition) is 3. The van der Waals surface area contributed by atoms with Gasteiger partial charge in [0.15, 0.2) is 0 Å². The molecule has 4 nitrogen and oxygen atoms in total. The summed E-state index contributed by atoms with van der Waals surface area (Å²) < 4.78 is 0.